The van der Waals surface area contributed by atoms with Gasteiger partial charge in [-0.1, -0.05) is 27.7 Å². The molecule has 4 aliphatic rings. The maximum atomic E-state index is 13.5. The molecular weight excluding hydrogens is 444 g/mol. The van der Waals surface area contributed by atoms with Crippen LogP contribution < -0.4 is 0 Å². The van der Waals surface area contributed by atoms with Gasteiger partial charge in [-0.15, -0.1) is 0 Å². The van der Waals surface area contributed by atoms with Crippen molar-refractivity contribution in [2.24, 2.45) is 34.5 Å². The van der Waals surface area contributed by atoms with Gasteiger partial charge in [0.05, 0.1) is 29.5 Å². The number of allylic oxidation sites excluding steroid dienone is 1. The predicted molar refractivity (Wildman–Crippen MR) is 135 cm³/mol. The van der Waals surface area contributed by atoms with Gasteiger partial charge in [-0.05, 0) is 93.1 Å². The Kier molecular flexibility index (Phi) is 7.16. The highest BCUT2D eigenvalue weighted by atomic mass is 16.5. The number of carbonyl (C=O) groups is 1. The van der Waals surface area contributed by atoms with Gasteiger partial charge in [0, 0.05) is 25.6 Å². The van der Waals surface area contributed by atoms with Gasteiger partial charge in [0.2, 0.25) is 0 Å². The summed E-state index contributed by atoms with van der Waals surface area (Å²) >= 11 is 0. The second-order valence-corrected chi connectivity index (χ2v) is 13.2. The SMILES string of the molecule is CO[C@@H]1C[C@H]2C(=O)C=C3C(CC[C@]4(C)[C@@H]([C@@](C)(O)[C@@H](CCC(C)C)OC)CC[C@@]34O)[C@@]2(C)C[C@@H]1O. The largest absolute Gasteiger partial charge is 0.390 e. The quantitative estimate of drug-likeness (QED) is 0.496. The van der Waals surface area contributed by atoms with Crippen LogP contribution in [-0.2, 0) is 14.3 Å². The first-order valence-electron chi connectivity index (χ1n) is 13.7. The summed E-state index contributed by atoms with van der Waals surface area (Å²) < 4.78 is 11.3. The maximum Gasteiger partial charge on any atom is 0.159 e. The molecule has 0 heterocycles. The standard InChI is InChI=1S/C29H48O6/c1-17(2)8-9-25(35-7)28(5,32)24-11-13-29(33)19-14-21(30)20-15-23(34-6)22(31)16-26(20,3)18(19)10-12-27(24,29)4/h14,17-18,20,22-25,31-33H,8-13,15-16H2,1-7H3/t18?,20-,22-,23+,24-,25+,26+,27+,28+,29+/m0/s1. The first kappa shape index (κ1) is 27.3. The van der Waals surface area contributed by atoms with Crippen LogP contribution in [0.5, 0.6) is 0 Å². The Morgan fingerprint density at radius 1 is 1.14 bits per heavy atom. The van der Waals surface area contributed by atoms with Gasteiger partial charge < -0.3 is 24.8 Å². The van der Waals surface area contributed by atoms with E-state index >= 15 is 0 Å². The molecule has 3 N–H and O–H groups in total. The molecule has 0 saturated heterocycles. The van der Waals surface area contributed by atoms with Crippen LogP contribution in [0.15, 0.2) is 11.6 Å². The number of rotatable bonds is 7. The highest BCUT2D eigenvalue weighted by Crippen LogP contribution is 2.68. The van der Waals surface area contributed by atoms with Crippen molar-refractivity contribution in [3.8, 4) is 0 Å². The van der Waals surface area contributed by atoms with Crippen LogP contribution in [0.25, 0.3) is 0 Å². The van der Waals surface area contributed by atoms with Crippen molar-refractivity contribution in [1.82, 2.24) is 0 Å². The number of hydrogen-bond donors (Lipinski definition) is 3. The summed E-state index contributed by atoms with van der Waals surface area (Å²) in [5.74, 6) is 0.262. The molecule has 0 amide bonds. The third-order valence-corrected chi connectivity index (χ3v) is 11.0. The van der Waals surface area contributed by atoms with Crippen molar-refractivity contribution >= 4 is 5.78 Å². The van der Waals surface area contributed by atoms with Crippen LogP contribution in [-0.4, -0.2) is 64.8 Å². The van der Waals surface area contributed by atoms with E-state index in [9.17, 15) is 20.1 Å². The Morgan fingerprint density at radius 2 is 1.83 bits per heavy atom. The third kappa shape index (κ3) is 3.98. The average molecular weight is 493 g/mol. The normalized spacial score (nSPS) is 45.9. The predicted octanol–water partition coefficient (Wildman–Crippen LogP) is 4.05. The van der Waals surface area contributed by atoms with E-state index in [-0.39, 0.29) is 35.7 Å². The van der Waals surface area contributed by atoms with E-state index < -0.39 is 28.1 Å². The molecule has 1 unspecified atom stereocenters. The van der Waals surface area contributed by atoms with Crippen molar-refractivity contribution < 1.29 is 29.6 Å². The van der Waals surface area contributed by atoms with E-state index in [0.717, 1.165) is 31.3 Å². The zero-order chi connectivity index (χ0) is 26.0. The van der Waals surface area contributed by atoms with Gasteiger partial charge in [-0.3, -0.25) is 4.79 Å². The van der Waals surface area contributed by atoms with Crippen LogP contribution in [0.2, 0.25) is 0 Å². The molecular formula is C29H48O6. The van der Waals surface area contributed by atoms with Gasteiger partial charge in [-0.25, -0.2) is 0 Å². The molecule has 4 rings (SSSR count). The maximum absolute atomic E-state index is 13.5. The number of ketones is 1. The monoisotopic (exact) mass is 492 g/mol. The molecule has 35 heavy (non-hydrogen) atoms. The molecule has 4 aliphatic carbocycles. The number of carbonyl (C=O) groups excluding carboxylic acids is 1. The molecule has 3 saturated carbocycles. The summed E-state index contributed by atoms with van der Waals surface area (Å²) in [6.45, 7) is 10.5. The van der Waals surface area contributed by atoms with Gasteiger partial charge in [0.25, 0.3) is 0 Å². The zero-order valence-corrected chi connectivity index (χ0v) is 22.8. The first-order chi connectivity index (χ1) is 16.3. The molecule has 0 bridgehead atoms. The number of methoxy groups -OCH3 is 2. The summed E-state index contributed by atoms with van der Waals surface area (Å²) in [6, 6.07) is 0. The summed E-state index contributed by atoms with van der Waals surface area (Å²) in [4.78, 5) is 13.5. The Morgan fingerprint density at radius 3 is 2.43 bits per heavy atom. The highest BCUT2D eigenvalue weighted by Gasteiger charge is 2.69. The first-order valence-corrected chi connectivity index (χ1v) is 13.7. The molecule has 10 atom stereocenters. The lowest BCUT2D eigenvalue weighted by Gasteiger charge is -2.61. The van der Waals surface area contributed by atoms with E-state index in [4.69, 9.17) is 9.47 Å². The number of ether oxygens (including phenoxy) is 2. The van der Waals surface area contributed by atoms with E-state index in [1.165, 1.54) is 0 Å². The van der Waals surface area contributed by atoms with Crippen LogP contribution in [0.1, 0.15) is 86.0 Å². The molecule has 6 nitrogen and oxygen atoms in total. The van der Waals surface area contributed by atoms with Crippen molar-refractivity contribution in [2.75, 3.05) is 14.2 Å². The van der Waals surface area contributed by atoms with E-state index in [1.807, 2.05) is 6.92 Å². The third-order valence-electron chi connectivity index (χ3n) is 11.0. The molecule has 0 aromatic heterocycles. The molecule has 3 fully saturated rings. The minimum Gasteiger partial charge on any atom is -0.390 e. The minimum atomic E-state index is -1.15. The van der Waals surface area contributed by atoms with Crippen molar-refractivity contribution in [2.45, 2.75) is 115 Å². The lowest BCUT2D eigenvalue weighted by atomic mass is 9.45. The highest BCUT2D eigenvalue weighted by molar-refractivity contribution is 5.95. The number of fused-ring (bicyclic) bond motifs is 5. The summed E-state index contributed by atoms with van der Waals surface area (Å²) in [5.41, 5.74) is -2.35. The number of hydrogen-bond acceptors (Lipinski definition) is 6. The molecule has 0 spiro atoms. The van der Waals surface area contributed by atoms with Crippen molar-refractivity contribution in [3.63, 3.8) is 0 Å². The lowest BCUT2D eigenvalue weighted by Crippen LogP contribution is -2.63. The van der Waals surface area contributed by atoms with E-state index in [0.29, 0.717) is 31.6 Å². The topological polar surface area (TPSA) is 96.2 Å². The smallest absolute Gasteiger partial charge is 0.159 e. The van der Waals surface area contributed by atoms with Crippen LogP contribution >= 0.6 is 0 Å². The summed E-state index contributed by atoms with van der Waals surface area (Å²) in [5, 5.41) is 35.1. The molecule has 0 aromatic rings. The van der Waals surface area contributed by atoms with Crippen LogP contribution in [0, 0.1) is 34.5 Å². The number of aliphatic hydroxyl groups excluding tert-OH is 1. The number of aliphatic hydroxyl groups is 3. The average Bonchev–Trinajstić information content (AvgIpc) is 3.06. The Bertz CT molecular complexity index is 850. The summed E-state index contributed by atoms with van der Waals surface area (Å²) in [7, 11) is 3.27. The Balaban J connectivity index is 1.68. The van der Waals surface area contributed by atoms with Crippen LogP contribution in [0.4, 0.5) is 0 Å². The van der Waals surface area contributed by atoms with Gasteiger partial charge in [0.15, 0.2) is 5.78 Å². The van der Waals surface area contributed by atoms with E-state index in [2.05, 4.69) is 27.7 Å². The second-order valence-electron chi connectivity index (χ2n) is 13.2. The Hall–Kier alpha value is -0.790. The van der Waals surface area contributed by atoms with E-state index in [1.54, 1.807) is 20.3 Å². The van der Waals surface area contributed by atoms with Gasteiger partial charge >= 0.3 is 0 Å². The lowest BCUT2D eigenvalue weighted by molar-refractivity contribution is -0.181. The fourth-order valence-corrected chi connectivity index (χ4v) is 8.90. The molecule has 0 aromatic carbocycles. The Labute approximate surface area is 211 Å². The van der Waals surface area contributed by atoms with Gasteiger partial charge in [0.1, 0.15) is 0 Å². The summed E-state index contributed by atoms with van der Waals surface area (Å²) in [6.07, 6.45) is 6.08. The molecule has 6 heteroatoms. The molecule has 200 valence electrons. The molecule has 0 aliphatic heterocycles. The fraction of sp³-hybridized carbons (Fsp3) is 0.897. The fourth-order valence-electron chi connectivity index (χ4n) is 8.90. The zero-order valence-electron chi connectivity index (χ0n) is 22.8. The molecule has 0 radical (unpaired) electrons. The second kappa shape index (κ2) is 9.20. The van der Waals surface area contributed by atoms with Crippen molar-refractivity contribution in [3.05, 3.63) is 11.6 Å². The van der Waals surface area contributed by atoms with Crippen LogP contribution in [0.3, 0.4) is 0 Å². The van der Waals surface area contributed by atoms with Gasteiger partial charge in [-0.2, -0.15) is 0 Å². The minimum absolute atomic E-state index is 0.0404. The van der Waals surface area contributed by atoms with Crippen molar-refractivity contribution in [1.29, 1.82) is 0 Å².